The Bertz CT molecular complexity index is 758. The minimum Gasteiger partial charge on any atom is -0.497 e. The third-order valence-corrected chi connectivity index (χ3v) is 5.03. The first-order valence-electron chi connectivity index (χ1n) is 9.06. The number of hydrogen-bond donors (Lipinski definition) is 3. The van der Waals surface area contributed by atoms with E-state index in [2.05, 4.69) is 16.0 Å². The quantitative estimate of drug-likeness (QED) is 0.725. The molecule has 1 aromatic heterocycles. The number of hydrogen-bond acceptors (Lipinski definition) is 5. The highest BCUT2D eigenvalue weighted by Crippen LogP contribution is 2.27. The topological polar surface area (TPSA) is 92.6 Å². The normalized spacial score (nSPS) is 22.1. The zero-order valence-electron chi connectivity index (χ0n) is 15.5. The summed E-state index contributed by atoms with van der Waals surface area (Å²) in [5.74, 6) is 0.260. The van der Waals surface area contributed by atoms with E-state index in [0.717, 1.165) is 12.8 Å². The average molecular weight is 371 g/mol. The third-order valence-electron chi connectivity index (χ3n) is 5.03. The van der Waals surface area contributed by atoms with E-state index in [4.69, 9.17) is 9.15 Å². The molecular formula is C20H25N3O4. The van der Waals surface area contributed by atoms with Gasteiger partial charge in [-0.1, -0.05) is 0 Å². The van der Waals surface area contributed by atoms with Crippen molar-refractivity contribution in [1.82, 2.24) is 10.6 Å². The molecule has 0 aliphatic heterocycles. The van der Waals surface area contributed by atoms with Crippen LogP contribution in [0, 0.1) is 5.92 Å². The van der Waals surface area contributed by atoms with E-state index in [1.54, 1.807) is 37.4 Å². The summed E-state index contributed by atoms with van der Waals surface area (Å²) in [5, 5.41) is 9.15. The predicted octanol–water partition coefficient (Wildman–Crippen LogP) is 2.41. The second-order valence-electron chi connectivity index (χ2n) is 6.71. The SMILES string of the molecule is CNC1CCC(NC(=O)c2ccc(OC)cc2)CC1C(=O)Nc1ccoc1. The number of benzene rings is 1. The molecule has 144 valence electrons. The minimum atomic E-state index is -0.236. The minimum absolute atomic E-state index is 0.0516. The monoisotopic (exact) mass is 371 g/mol. The predicted molar refractivity (Wildman–Crippen MR) is 102 cm³/mol. The fourth-order valence-corrected chi connectivity index (χ4v) is 3.52. The Morgan fingerprint density at radius 2 is 1.93 bits per heavy atom. The van der Waals surface area contributed by atoms with Gasteiger partial charge in [0.1, 0.15) is 12.0 Å². The molecule has 1 aromatic carbocycles. The molecule has 1 aliphatic rings. The Morgan fingerprint density at radius 3 is 2.56 bits per heavy atom. The molecule has 2 amide bonds. The summed E-state index contributed by atoms with van der Waals surface area (Å²) in [6.45, 7) is 0. The van der Waals surface area contributed by atoms with Crippen LogP contribution in [-0.4, -0.2) is 38.1 Å². The summed E-state index contributed by atoms with van der Waals surface area (Å²) in [6.07, 6.45) is 5.23. The number of furan rings is 1. The first kappa shape index (κ1) is 19.0. The van der Waals surface area contributed by atoms with E-state index in [1.165, 1.54) is 12.5 Å². The first-order valence-corrected chi connectivity index (χ1v) is 9.06. The van der Waals surface area contributed by atoms with Crippen molar-refractivity contribution in [2.24, 2.45) is 5.92 Å². The molecule has 1 fully saturated rings. The van der Waals surface area contributed by atoms with Crippen molar-refractivity contribution in [1.29, 1.82) is 0 Å². The molecule has 0 radical (unpaired) electrons. The van der Waals surface area contributed by atoms with Crippen molar-refractivity contribution < 1.29 is 18.7 Å². The van der Waals surface area contributed by atoms with Crippen molar-refractivity contribution in [3.05, 3.63) is 48.4 Å². The van der Waals surface area contributed by atoms with Crippen LogP contribution < -0.4 is 20.7 Å². The molecule has 7 nitrogen and oxygen atoms in total. The second kappa shape index (κ2) is 8.73. The van der Waals surface area contributed by atoms with Gasteiger partial charge in [-0.3, -0.25) is 9.59 Å². The number of ether oxygens (including phenoxy) is 1. The van der Waals surface area contributed by atoms with Gasteiger partial charge in [0.05, 0.1) is 25.0 Å². The summed E-state index contributed by atoms with van der Waals surface area (Å²) in [6, 6.07) is 8.71. The zero-order chi connectivity index (χ0) is 19.2. The number of anilines is 1. The molecule has 0 saturated heterocycles. The lowest BCUT2D eigenvalue weighted by Crippen LogP contribution is -2.50. The van der Waals surface area contributed by atoms with E-state index in [0.29, 0.717) is 23.4 Å². The van der Waals surface area contributed by atoms with Crippen LogP contribution in [0.5, 0.6) is 5.75 Å². The first-order chi connectivity index (χ1) is 13.1. The maximum Gasteiger partial charge on any atom is 0.251 e. The fraction of sp³-hybridized carbons (Fsp3) is 0.400. The van der Waals surface area contributed by atoms with Crippen LogP contribution in [-0.2, 0) is 4.79 Å². The summed E-state index contributed by atoms with van der Waals surface area (Å²) in [7, 11) is 3.45. The Morgan fingerprint density at radius 1 is 1.15 bits per heavy atom. The van der Waals surface area contributed by atoms with Gasteiger partial charge in [-0.25, -0.2) is 0 Å². The van der Waals surface area contributed by atoms with E-state index in [-0.39, 0.29) is 29.8 Å². The van der Waals surface area contributed by atoms with Crippen molar-refractivity contribution in [2.75, 3.05) is 19.5 Å². The molecular weight excluding hydrogens is 346 g/mol. The summed E-state index contributed by atoms with van der Waals surface area (Å²) < 4.78 is 10.1. The van der Waals surface area contributed by atoms with Gasteiger partial charge in [-0.05, 0) is 56.6 Å². The maximum atomic E-state index is 12.7. The number of rotatable bonds is 6. The lowest BCUT2D eigenvalue weighted by Gasteiger charge is -2.35. The summed E-state index contributed by atoms with van der Waals surface area (Å²) >= 11 is 0. The van der Waals surface area contributed by atoms with Crippen LogP contribution >= 0.6 is 0 Å². The molecule has 27 heavy (non-hydrogen) atoms. The van der Waals surface area contributed by atoms with Gasteiger partial charge in [0.15, 0.2) is 0 Å². The van der Waals surface area contributed by atoms with Crippen molar-refractivity contribution in [3.63, 3.8) is 0 Å². The number of carbonyl (C=O) groups excluding carboxylic acids is 2. The van der Waals surface area contributed by atoms with E-state index in [9.17, 15) is 9.59 Å². The van der Waals surface area contributed by atoms with Crippen LogP contribution in [0.1, 0.15) is 29.6 Å². The fourth-order valence-electron chi connectivity index (χ4n) is 3.52. The van der Waals surface area contributed by atoms with Crippen LogP contribution in [0.3, 0.4) is 0 Å². The van der Waals surface area contributed by atoms with Gasteiger partial charge in [-0.15, -0.1) is 0 Å². The molecule has 3 atom stereocenters. The van der Waals surface area contributed by atoms with Gasteiger partial charge in [0.2, 0.25) is 5.91 Å². The van der Waals surface area contributed by atoms with Crippen LogP contribution in [0.2, 0.25) is 0 Å². The molecule has 3 unspecified atom stereocenters. The molecule has 1 saturated carbocycles. The smallest absolute Gasteiger partial charge is 0.251 e. The van der Waals surface area contributed by atoms with Gasteiger partial charge < -0.3 is 25.1 Å². The standard InChI is InChI=1S/C20H25N3O4/c1-21-18-8-5-14(11-17(18)20(25)23-15-9-10-27-12-15)22-19(24)13-3-6-16(26-2)7-4-13/h3-4,6-7,9-10,12,14,17-18,21H,5,8,11H2,1-2H3,(H,22,24)(H,23,25). The highest BCUT2D eigenvalue weighted by atomic mass is 16.5. The van der Waals surface area contributed by atoms with E-state index < -0.39 is 0 Å². The van der Waals surface area contributed by atoms with Crippen LogP contribution in [0.25, 0.3) is 0 Å². The number of amides is 2. The average Bonchev–Trinajstić information content (AvgIpc) is 3.21. The lowest BCUT2D eigenvalue weighted by molar-refractivity contribution is -0.121. The Labute approximate surface area is 158 Å². The largest absolute Gasteiger partial charge is 0.497 e. The van der Waals surface area contributed by atoms with E-state index in [1.807, 2.05) is 7.05 Å². The molecule has 3 N–H and O–H groups in total. The maximum absolute atomic E-state index is 12.7. The highest BCUT2D eigenvalue weighted by molar-refractivity contribution is 5.95. The second-order valence-corrected chi connectivity index (χ2v) is 6.71. The Kier molecular flexibility index (Phi) is 6.13. The number of nitrogens with one attached hydrogen (secondary N) is 3. The summed E-state index contributed by atoms with van der Waals surface area (Å²) in [5.41, 5.74) is 1.21. The molecule has 1 aliphatic carbocycles. The molecule has 0 spiro atoms. The van der Waals surface area contributed by atoms with Crippen molar-refractivity contribution >= 4 is 17.5 Å². The summed E-state index contributed by atoms with van der Waals surface area (Å²) in [4.78, 5) is 25.2. The molecule has 3 rings (SSSR count). The van der Waals surface area contributed by atoms with Crippen molar-refractivity contribution in [2.45, 2.75) is 31.3 Å². The van der Waals surface area contributed by atoms with Crippen LogP contribution in [0.15, 0.2) is 47.3 Å². The molecule has 2 aromatic rings. The van der Waals surface area contributed by atoms with Gasteiger partial charge in [0.25, 0.3) is 5.91 Å². The Hall–Kier alpha value is -2.80. The third kappa shape index (κ3) is 4.68. The van der Waals surface area contributed by atoms with Gasteiger partial charge in [0, 0.05) is 17.6 Å². The van der Waals surface area contributed by atoms with Gasteiger partial charge >= 0.3 is 0 Å². The zero-order valence-corrected chi connectivity index (χ0v) is 15.5. The Balaban J connectivity index is 1.62. The molecule has 0 bridgehead atoms. The lowest BCUT2D eigenvalue weighted by atomic mass is 9.80. The van der Waals surface area contributed by atoms with Crippen LogP contribution in [0.4, 0.5) is 5.69 Å². The highest BCUT2D eigenvalue weighted by Gasteiger charge is 2.35. The van der Waals surface area contributed by atoms with E-state index >= 15 is 0 Å². The number of carbonyl (C=O) groups is 2. The molecule has 1 heterocycles. The number of methoxy groups -OCH3 is 1. The molecule has 7 heteroatoms. The van der Waals surface area contributed by atoms with Gasteiger partial charge in [-0.2, -0.15) is 0 Å². The van der Waals surface area contributed by atoms with Crippen molar-refractivity contribution in [3.8, 4) is 5.75 Å².